The van der Waals surface area contributed by atoms with Crippen LogP contribution in [0.25, 0.3) is 22.9 Å². The van der Waals surface area contributed by atoms with Gasteiger partial charge in [-0.15, -0.1) is 12.4 Å². The highest BCUT2D eigenvalue weighted by atomic mass is 35.5. The van der Waals surface area contributed by atoms with Crippen molar-refractivity contribution in [2.45, 2.75) is 6.92 Å². The minimum atomic E-state index is 0. The molecule has 0 amide bonds. The number of anilines is 1. The first-order chi connectivity index (χ1) is 10.6. The van der Waals surface area contributed by atoms with Gasteiger partial charge in [-0.3, -0.25) is 4.98 Å². The van der Waals surface area contributed by atoms with Crippen LogP contribution in [-0.2, 0) is 0 Å². The Morgan fingerprint density at radius 1 is 0.957 bits per heavy atom. The van der Waals surface area contributed by atoms with E-state index in [1.165, 1.54) is 27.6 Å². The van der Waals surface area contributed by atoms with Gasteiger partial charge in [0, 0.05) is 26.0 Å². The summed E-state index contributed by atoms with van der Waals surface area (Å²) in [7, 11) is 4.11. The normalized spacial score (nSPS) is 10.7. The van der Waals surface area contributed by atoms with Gasteiger partial charge in [-0.1, -0.05) is 48.5 Å². The largest absolute Gasteiger partial charge is 0.377 e. The maximum absolute atomic E-state index is 4.50. The number of hydrogen-bond donors (Lipinski definition) is 0. The van der Waals surface area contributed by atoms with E-state index in [0.717, 1.165) is 5.69 Å². The Morgan fingerprint density at radius 2 is 1.70 bits per heavy atom. The predicted molar refractivity (Wildman–Crippen MR) is 103 cm³/mol. The van der Waals surface area contributed by atoms with Crippen molar-refractivity contribution in [3.8, 4) is 0 Å². The van der Waals surface area contributed by atoms with Crippen LogP contribution in [0.4, 0.5) is 5.69 Å². The van der Waals surface area contributed by atoms with Gasteiger partial charge in [0.2, 0.25) is 0 Å². The summed E-state index contributed by atoms with van der Waals surface area (Å²) in [6.07, 6.45) is 6.14. The van der Waals surface area contributed by atoms with Crippen LogP contribution in [0.5, 0.6) is 0 Å². The van der Waals surface area contributed by atoms with E-state index in [-0.39, 0.29) is 12.4 Å². The summed E-state index contributed by atoms with van der Waals surface area (Å²) in [6.45, 7) is 2.08. The van der Waals surface area contributed by atoms with Crippen molar-refractivity contribution in [2.75, 3.05) is 19.0 Å². The van der Waals surface area contributed by atoms with Crippen molar-refractivity contribution < 1.29 is 0 Å². The third-order valence-corrected chi connectivity index (χ3v) is 3.83. The first-order valence-corrected chi connectivity index (χ1v) is 7.45. The molecule has 0 unspecified atom stereocenters. The minimum absolute atomic E-state index is 0. The maximum Gasteiger partial charge on any atom is 0.0650 e. The lowest BCUT2D eigenvalue weighted by Gasteiger charge is -2.15. The molecule has 0 N–H and O–H groups in total. The van der Waals surface area contributed by atoms with Crippen LogP contribution in [-0.4, -0.2) is 19.1 Å². The first-order valence-electron chi connectivity index (χ1n) is 7.45. The van der Waals surface area contributed by atoms with E-state index in [1.807, 2.05) is 6.20 Å². The molecule has 0 aliphatic heterocycles. The molecule has 0 saturated carbocycles. The summed E-state index contributed by atoms with van der Waals surface area (Å²) in [5, 5.41) is 2.52. The average molecular weight is 325 g/mol. The van der Waals surface area contributed by atoms with E-state index in [1.54, 1.807) is 0 Å². The molecule has 0 aliphatic carbocycles. The van der Waals surface area contributed by atoms with Gasteiger partial charge in [0.25, 0.3) is 0 Å². The summed E-state index contributed by atoms with van der Waals surface area (Å²) in [6, 6.07) is 16.9. The zero-order chi connectivity index (χ0) is 15.5. The number of benzene rings is 2. The molecule has 2 aromatic carbocycles. The molecule has 1 heterocycles. The van der Waals surface area contributed by atoms with Gasteiger partial charge in [0.05, 0.1) is 5.69 Å². The average Bonchev–Trinajstić information content (AvgIpc) is 2.53. The lowest BCUT2D eigenvalue weighted by molar-refractivity contribution is 1.09. The van der Waals surface area contributed by atoms with Crippen LogP contribution in [0.3, 0.4) is 0 Å². The predicted octanol–water partition coefficient (Wildman–Crippen LogP) is 5.20. The number of pyridine rings is 1. The summed E-state index contributed by atoms with van der Waals surface area (Å²) in [5.41, 5.74) is 4.58. The zero-order valence-electron chi connectivity index (χ0n) is 13.7. The number of aromatic nitrogens is 1. The Morgan fingerprint density at radius 3 is 2.48 bits per heavy atom. The van der Waals surface area contributed by atoms with Crippen LogP contribution in [0.15, 0.2) is 54.7 Å². The molecule has 0 bridgehead atoms. The molecular formula is C20H21ClN2. The van der Waals surface area contributed by atoms with Crippen molar-refractivity contribution in [1.82, 2.24) is 4.98 Å². The van der Waals surface area contributed by atoms with Crippen LogP contribution in [0, 0.1) is 6.92 Å². The van der Waals surface area contributed by atoms with Gasteiger partial charge < -0.3 is 4.90 Å². The molecule has 3 rings (SSSR count). The van der Waals surface area contributed by atoms with Gasteiger partial charge in [-0.25, -0.2) is 0 Å². The Balaban J connectivity index is 0.00000192. The van der Waals surface area contributed by atoms with Crippen molar-refractivity contribution in [3.05, 3.63) is 71.5 Å². The quantitative estimate of drug-likeness (QED) is 0.658. The van der Waals surface area contributed by atoms with Crippen LogP contribution < -0.4 is 4.90 Å². The monoisotopic (exact) mass is 324 g/mol. The molecule has 118 valence electrons. The van der Waals surface area contributed by atoms with E-state index >= 15 is 0 Å². The second-order valence-electron chi connectivity index (χ2n) is 5.69. The molecule has 0 spiro atoms. The van der Waals surface area contributed by atoms with Gasteiger partial charge >= 0.3 is 0 Å². The summed E-state index contributed by atoms with van der Waals surface area (Å²) in [4.78, 5) is 6.62. The fraction of sp³-hybridized carbons (Fsp3) is 0.150. The zero-order valence-corrected chi connectivity index (χ0v) is 14.5. The molecule has 0 fully saturated rings. The second-order valence-corrected chi connectivity index (χ2v) is 5.69. The molecule has 0 aliphatic rings. The number of fused-ring (bicyclic) bond motifs is 1. The maximum atomic E-state index is 4.50. The molecule has 0 saturated heterocycles. The highest BCUT2D eigenvalue weighted by Gasteiger charge is 2.02. The standard InChI is InChI=1S/C20H20N2.ClH/c1-15-14-21-18(13-20(15)22(2)3)12-11-17-9-6-8-16-7-4-5-10-19(16)17;/h4-14H,1-3H3;1H/b12-11+;. The van der Waals surface area contributed by atoms with Crippen molar-refractivity contribution in [2.24, 2.45) is 0 Å². The highest BCUT2D eigenvalue weighted by molar-refractivity contribution is 5.92. The summed E-state index contributed by atoms with van der Waals surface area (Å²) >= 11 is 0. The third-order valence-electron chi connectivity index (χ3n) is 3.83. The molecule has 3 aromatic rings. The molecule has 23 heavy (non-hydrogen) atoms. The Hall–Kier alpha value is -2.32. The molecule has 2 nitrogen and oxygen atoms in total. The topological polar surface area (TPSA) is 16.1 Å². The molecule has 3 heteroatoms. The van der Waals surface area contributed by atoms with Crippen molar-refractivity contribution in [3.63, 3.8) is 0 Å². The Bertz CT molecular complexity index is 833. The minimum Gasteiger partial charge on any atom is -0.377 e. The van der Waals surface area contributed by atoms with E-state index in [0.29, 0.717) is 0 Å². The van der Waals surface area contributed by atoms with Crippen molar-refractivity contribution >= 4 is 41.0 Å². The van der Waals surface area contributed by atoms with E-state index in [9.17, 15) is 0 Å². The fourth-order valence-corrected chi connectivity index (χ4v) is 2.67. The fourth-order valence-electron chi connectivity index (χ4n) is 2.67. The number of hydrogen-bond acceptors (Lipinski definition) is 2. The number of rotatable bonds is 3. The summed E-state index contributed by atoms with van der Waals surface area (Å²) < 4.78 is 0. The van der Waals surface area contributed by atoms with Gasteiger partial charge in [0.15, 0.2) is 0 Å². The third kappa shape index (κ3) is 3.72. The number of halogens is 1. The van der Waals surface area contributed by atoms with E-state index < -0.39 is 0 Å². The van der Waals surface area contributed by atoms with Gasteiger partial charge in [-0.05, 0) is 41.0 Å². The number of aryl methyl sites for hydroxylation is 1. The van der Waals surface area contributed by atoms with Crippen LogP contribution in [0.1, 0.15) is 16.8 Å². The number of nitrogens with zero attached hydrogens (tertiary/aromatic N) is 2. The lowest BCUT2D eigenvalue weighted by Crippen LogP contribution is -2.10. The highest BCUT2D eigenvalue weighted by Crippen LogP contribution is 2.22. The summed E-state index contributed by atoms with van der Waals surface area (Å²) in [5.74, 6) is 0. The first kappa shape index (κ1) is 17.0. The van der Waals surface area contributed by atoms with Crippen LogP contribution in [0.2, 0.25) is 0 Å². The van der Waals surface area contributed by atoms with Crippen LogP contribution >= 0.6 is 12.4 Å². The van der Waals surface area contributed by atoms with E-state index in [4.69, 9.17) is 0 Å². The molecule has 1 aromatic heterocycles. The smallest absolute Gasteiger partial charge is 0.0650 e. The van der Waals surface area contributed by atoms with E-state index in [2.05, 4.69) is 91.6 Å². The Kier molecular flexibility index (Phi) is 5.41. The Labute approximate surface area is 143 Å². The van der Waals surface area contributed by atoms with Gasteiger partial charge in [-0.2, -0.15) is 0 Å². The second kappa shape index (κ2) is 7.30. The SMILES string of the molecule is Cc1cnc(/C=C/c2cccc3ccccc23)cc1N(C)C.Cl. The molecule has 0 atom stereocenters. The lowest BCUT2D eigenvalue weighted by atomic mass is 10.0. The van der Waals surface area contributed by atoms with Crippen molar-refractivity contribution in [1.29, 1.82) is 0 Å². The molecular weight excluding hydrogens is 304 g/mol. The molecule has 0 radical (unpaired) electrons. The van der Waals surface area contributed by atoms with Gasteiger partial charge in [0.1, 0.15) is 0 Å².